The van der Waals surface area contributed by atoms with Crippen molar-refractivity contribution in [3.63, 3.8) is 0 Å². The van der Waals surface area contributed by atoms with Gasteiger partial charge in [0.25, 0.3) is 0 Å². The lowest BCUT2D eigenvalue weighted by Crippen LogP contribution is -2.29. The van der Waals surface area contributed by atoms with Crippen molar-refractivity contribution in [1.29, 1.82) is 0 Å². The maximum Gasteiger partial charge on any atom is 0.407 e. The molecule has 0 aliphatic heterocycles. The third-order valence-corrected chi connectivity index (χ3v) is 2.90. The third kappa shape index (κ3) is 3.98. The quantitative estimate of drug-likeness (QED) is 0.824. The Kier molecular flexibility index (Phi) is 4.39. The minimum atomic E-state index is -0.499. The van der Waals surface area contributed by atoms with Crippen molar-refractivity contribution >= 4 is 12.1 Å². The van der Waals surface area contributed by atoms with E-state index in [9.17, 15) is 9.59 Å². The average Bonchev–Trinajstić information content (AvgIpc) is 3.17. The maximum absolute atomic E-state index is 11.5. The van der Waals surface area contributed by atoms with Crippen molar-refractivity contribution in [2.24, 2.45) is 5.92 Å². The lowest BCUT2D eigenvalue weighted by molar-refractivity contribution is -0.144. The van der Waals surface area contributed by atoms with Crippen LogP contribution in [0.4, 0.5) is 4.79 Å². The zero-order valence-electron chi connectivity index (χ0n) is 10.8. The predicted octanol–water partition coefficient (Wildman–Crippen LogP) is 1.86. The molecule has 1 N–H and O–H groups in total. The van der Waals surface area contributed by atoms with E-state index in [0.29, 0.717) is 13.0 Å². The number of carbonyl (C=O) groups excluding carboxylic acids is 2. The van der Waals surface area contributed by atoms with Crippen molar-refractivity contribution < 1.29 is 19.1 Å². The molecule has 1 aromatic rings. The minimum absolute atomic E-state index is 0.151. The van der Waals surface area contributed by atoms with Crippen LogP contribution in [0.2, 0.25) is 0 Å². The lowest BCUT2D eigenvalue weighted by Gasteiger charge is -2.06. The van der Waals surface area contributed by atoms with E-state index in [1.807, 2.05) is 30.3 Å². The van der Waals surface area contributed by atoms with Crippen LogP contribution >= 0.6 is 0 Å². The van der Waals surface area contributed by atoms with Crippen LogP contribution in [0.25, 0.3) is 0 Å². The van der Waals surface area contributed by atoms with Gasteiger partial charge in [-0.05, 0) is 18.9 Å². The summed E-state index contributed by atoms with van der Waals surface area (Å²) >= 11 is 0. The summed E-state index contributed by atoms with van der Waals surface area (Å²) in [5.74, 6) is -0.472. The van der Waals surface area contributed by atoms with Gasteiger partial charge in [0.2, 0.25) is 0 Å². The average molecular weight is 263 g/mol. The number of benzene rings is 1. The molecular weight excluding hydrogens is 246 g/mol. The molecule has 0 unspecified atom stereocenters. The van der Waals surface area contributed by atoms with Gasteiger partial charge in [-0.3, -0.25) is 4.79 Å². The maximum atomic E-state index is 11.5. The van der Waals surface area contributed by atoms with Gasteiger partial charge in [-0.1, -0.05) is 30.3 Å². The molecule has 0 bridgehead atoms. The highest BCUT2D eigenvalue weighted by Gasteiger charge is 2.45. The molecule has 0 aromatic heterocycles. The highest BCUT2D eigenvalue weighted by molar-refractivity contribution is 5.78. The Hall–Kier alpha value is -2.04. The van der Waals surface area contributed by atoms with Crippen molar-refractivity contribution in [2.75, 3.05) is 6.61 Å². The fourth-order valence-electron chi connectivity index (χ4n) is 1.78. The normalized spacial score (nSPS) is 20.5. The first-order chi connectivity index (χ1) is 9.20. The molecule has 1 aromatic carbocycles. The summed E-state index contributed by atoms with van der Waals surface area (Å²) in [5.41, 5.74) is 0.926. The van der Waals surface area contributed by atoms with E-state index in [4.69, 9.17) is 9.47 Å². The molecule has 5 nitrogen and oxygen atoms in total. The Labute approximate surface area is 111 Å². The Balaban J connectivity index is 1.68. The number of alkyl carbamates (subject to hydrolysis) is 1. The summed E-state index contributed by atoms with van der Waals surface area (Å²) in [6.45, 7) is 2.35. The predicted molar refractivity (Wildman–Crippen MR) is 68.3 cm³/mol. The van der Waals surface area contributed by atoms with Gasteiger partial charge in [0.15, 0.2) is 0 Å². The Bertz CT molecular complexity index is 446. The molecule has 0 heterocycles. The van der Waals surface area contributed by atoms with E-state index in [1.54, 1.807) is 6.92 Å². The van der Waals surface area contributed by atoms with Gasteiger partial charge in [0.05, 0.1) is 12.5 Å². The fraction of sp³-hybridized carbons (Fsp3) is 0.429. The van der Waals surface area contributed by atoms with Crippen LogP contribution in [0, 0.1) is 5.92 Å². The standard InChI is InChI=1S/C14H17NO4/c1-2-18-13(16)11-8-12(11)15-14(17)19-9-10-6-4-3-5-7-10/h3-7,11-12H,2,8-9H2,1H3,(H,15,17)/t11-,12+/m1/s1. The van der Waals surface area contributed by atoms with Gasteiger partial charge in [-0.25, -0.2) is 4.79 Å². The van der Waals surface area contributed by atoms with Gasteiger partial charge in [0.1, 0.15) is 6.61 Å². The van der Waals surface area contributed by atoms with E-state index in [2.05, 4.69) is 5.32 Å². The smallest absolute Gasteiger partial charge is 0.407 e. The monoisotopic (exact) mass is 263 g/mol. The molecule has 1 amide bonds. The van der Waals surface area contributed by atoms with Crippen molar-refractivity contribution in [2.45, 2.75) is 26.0 Å². The number of ether oxygens (including phenoxy) is 2. The number of amides is 1. The number of hydrogen-bond acceptors (Lipinski definition) is 4. The molecule has 1 fully saturated rings. The van der Waals surface area contributed by atoms with E-state index in [0.717, 1.165) is 5.56 Å². The van der Waals surface area contributed by atoms with Gasteiger partial charge < -0.3 is 14.8 Å². The van der Waals surface area contributed by atoms with Gasteiger partial charge >= 0.3 is 12.1 Å². The van der Waals surface area contributed by atoms with Crippen LogP contribution in [0.15, 0.2) is 30.3 Å². The first-order valence-corrected chi connectivity index (χ1v) is 6.34. The molecule has 1 aliphatic rings. The number of nitrogens with one attached hydrogen (secondary N) is 1. The largest absolute Gasteiger partial charge is 0.466 e. The zero-order chi connectivity index (χ0) is 13.7. The van der Waals surface area contributed by atoms with Crippen LogP contribution < -0.4 is 5.32 Å². The second-order valence-corrected chi connectivity index (χ2v) is 4.41. The summed E-state index contributed by atoms with van der Waals surface area (Å²) in [6, 6.07) is 9.28. The summed E-state index contributed by atoms with van der Waals surface area (Å²) in [4.78, 5) is 22.9. The molecule has 2 atom stereocenters. The van der Waals surface area contributed by atoms with E-state index >= 15 is 0 Å². The second kappa shape index (κ2) is 6.22. The van der Waals surface area contributed by atoms with E-state index in [1.165, 1.54) is 0 Å². The number of carbonyl (C=O) groups is 2. The van der Waals surface area contributed by atoms with Gasteiger partial charge in [0, 0.05) is 6.04 Å². The van der Waals surface area contributed by atoms with Gasteiger partial charge in [-0.15, -0.1) is 0 Å². The molecule has 1 saturated carbocycles. The molecule has 2 rings (SSSR count). The SMILES string of the molecule is CCOC(=O)[C@@H]1C[C@@H]1NC(=O)OCc1ccccc1. The van der Waals surface area contributed by atoms with E-state index < -0.39 is 6.09 Å². The molecule has 102 valence electrons. The number of hydrogen-bond donors (Lipinski definition) is 1. The minimum Gasteiger partial charge on any atom is -0.466 e. The summed E-state index contributed by atoms with van der Waals surface area (Å²) in [5, 5.41) is 2.65. The molecule has 1 aliphatic carbocycles. The highest BCUT2D eigenvalue weighted by Crippen LogP contribution is 2.31. The number of rotatable bonds is 5. The summed E-state index contributed by atoms with van der Waals surface area (Å²) < 4.78 is 9.94. The Morgan fingerprint density at radius 3 is 2.68 bits per heavy atom. The lowest BCUT2D eigenvalue weighted by atomic mass is 10.2. The fourth-order valence-corrected chi connectivity index (χ4v) is 1.78. The van der Waals surface area contributed by atoms with Crippen molar-refractivity contribution in [3.05, 3.63) is 35.9 Å². The topological polar surface area (TPSA) is 64.6 Å². The van der Waals surface area contributed by atoms with Crippen molar-refractivity contribution in [3.8, 4) is 0 Å². The van der Waals surface area contributed by atoms with E-state index in [-0.39, 0.29) is 24.5 Å². The summed E-state index contributed by atoms with van der Waals surface area (Å²) in [6.07, 6.45) is 0.125. The first kappa shape index (κ1) is 13.4. The Morgan fingerprint density at radius 2 is 2.00 bits per heavy atom. The van der Waals surface area contributed by atoms with Crippen molar-refractivity contribution in [1.82, 2.24) is 5.32 Å². The first-order valence-electron chi connectivity index (χ1n) is 6.34. The van der Waals surface area contributed by atoms with Crippen LogP contribution in [-0.2, 0) is 20.9 Å². The Morgan fingerprint density at radius 1 is 1.26 bits per heavy atom. The van der Waals surface area contributed by atoms with Crippen LogP contribution in [-0.4, -0.2) is 24.7 Å². The van der Waals surface area contributed by atoms with Gasteiger partial charge in [-0.2, -0.15) is 0 Å². The molecule has 0 spiro atoms. The van der Waals surface area contributed by atoms with Crippen LogP contribution in [0.1, 0.15) is 18.9 Å². The molecule has 0 radical (unpaired) electrons. The third-order valence-electron chi connectivity index (χ3n) is 2.90. The molecule has 5 heteroatoms. The highest BCUT2D eigenvalue weighted by atomic mass is 16.5. The van der Waals surface area contributed by atoms with Crippen LogP contribution in [0.5, 0.6) is 0 Å². The zero-order valence-corrected chi connectivity index (χ0v) is 10.8. The molecule has 19 heavy (non-hydrogen) atoms. The molecule has 0 saturated heterocycles. The van der Waals surface area contributed by atoms with Crippen LogP contribution in [0.3, 0.4) is 0 Å². The summed E-state index contributed by atoms with van der Waals surface area (Å²) in [7, 11) is 0. The second-order valence-electron chi connectivity index (χ2n) is 4.41. The number of esters is 1. The molecular formula is C14H17NO4.